The highest BCUT2D eigenvalue weighted by atomic mass is 16.5. The van der Waals surface area contributed by atoms with Crippen molar-refractivity contribution >= 4 is 11.3 Å². The predicted molar refractivity (Wildman–Crippen MR) is 74.7 cm³/mol. The Morgan fingerprint density at radius 3 is 2.70 bits per heavy atom. The Morgan fingerprint density at radius 1 is 1.15 bits per heavy atom. The average Bonchev–Trinajstić information content (AvgIpc) is 2.90. The maximum absolute atomic E-state index is 5.84. The minimum Gasteiger partial charge on any atom is -0.493 e. The van der Waals surface area contributed by atoms with Gasteiger partial charge in [0.1, 0.15) is 6.61 Å². The van der Waals surface area contributed by atoms with Crippen molar-refractivity contribution in [3.63, 3.8) is 0 Å². The molecule has 0 saturated carbocycles. The Hall–Kier alpha value is -2.76. The van der Waals surface area contributed by atoms with Crippen LogP contribution in [-0.4, -0.2) is 21.7 Å². The number of nitrogens with zero attached hydrogens (tertiary/aromatic N) is 3. The van der Waals surface area contributed by atoms with Crippen LogP contribution in [0.15, 0.2) is 42.6 Å². The molecule has 0 radical (unpaired) electrons. The van der Waals surface area contributed by atoms with Gasteiger partial charge in [-0.3, -0.25) is 0 Å². The maximum atomic E-state index is 5.84. The zero-order valence-electron chi connectivity index (χ0n) is 11.0. The first-order chi connectivity index (χ1) is 9.78. The maximum Gasteiger partial charge on any atom is 0.189 e. The van der Waals surface area contributed by atoms with E-state index in [0.717, 1.165) is 0 Å². The van der Waals surface area contributed by atoms with Crippen LogP contribution in [0.3, 0.4) is 0 Å². The number of nitrogens with two attached hydrogens (primary N) is 1. The predicted octanol–water partition coefficient (Wildman–Crippen LogP) is 1.90. The van der Waals surface area contributed by atoms with Crippen molar-refractivity contribution in [1.29, 1.82) is 0 Å². The van der Waals surface area contributed by atoms with Crippen molar-refractivity contribution in [2.75, 3.05) is 12.8 Å². The molecule has 0 aliphatic carbocycles. The summed E-state index contributed by atoms with van der Waals surface area (Å²) in [5.41, 5.74) is 7.06. The second kappa shape index (κ2) is 5.08. The number of hydrogen-bond acceptors (Lipinski definition) is 5. The van der Waals surface area contributed by atoms with Crippen LogP contribution >= 0.6 is 0 Å². The highest BCUT2D eigenvalue weighted by Gasteiger charge is 2.08. The van der Waals surface area contributed by atoms with Crippen molar-refractivity contribution in [1.82, 2.24) is 14.6 Å². The summed E-state index contributed by atoms with van der Waals surface area (Å²) < 4.78 is 12.5. The van der Waals surface area contributed by atoms with Crippen molar-refractivity contribution in [3.05, 3.63) is 48.4 Å². The summed E-state index contributed by atoms with van der Waals surface area (Å²) in [7, 11) is 1.60. The molecule has 2 heterocycles. The monoisotopic (exact) mass is 270 g/mol. The lowest BCUT2D eigenvalue weighted by Gasteiger charge is -2.08. The van der Waals surface area contributed by atoms with Crippen LogP contribution < -0.4 is 15.2 Å². The Kier molecular flexibility index (Phi) is 3.12. The minimum absolute atomic E-state index is 0.251. The summed E-state index contributed by atoms with van der Waals surface area (Å²) in [5.74, 6) is 1.89. The Labute approximate surface area is 115 Å². The van der Waals surface area contributed by atoms with Gasteiger partial charge in [-0.2, -0.15) is 0 Å². The van der Waals surface area contributed by atoms with Crippen LogP contribution in [0.4, 0.5) is 5.69 Å². The molecule has 6 heteroatoms. The van der Waals surface area contributed by atoms with Gasteiger partial charge in [-0.05, 0) is 24.3 Å². The second-order valence-electron chi connectivity index (χ2n) is 4.20. The van der Waals surface area contributed by atoms with Crippen LogP contribution in [0.1, 0.15) is 5.82 Å². The third kappa shape index (κ3) is 2.23. The first-order valence-corrected chi connectivity index (χ1v) is 6.13. The molecule has 3 rings (SSSR count). The zero-order valence-corrected chi connectivity index (χ0v) is 11.0. The standard InChI is InChI=1S/C14H14N4O2/c1-19-11-6-2-3-7-12(11)20-9-13-16-14-10(15)5-4-8-18(14)17-13/h2-8H,9,15H2,1H3. The molecule has 1 aromatic carbocycles. The van der Waals surface area contributed by atoms with Gasteiger partial charge in [-0.1, -0.05) is 12.1 Å². The molecule has 0 amide bonds. The molecule has 0 aliphatic rings. The van der Waals surface area contributed by atoms with Crippen molar-refractivity contribution in [2.45, 2.75) is 6.61 Å². The number of nitrogen functional groups attached to an aromatic ring is 1. The number of rotatable bonds is 4. The number of benzene rings is 1. The molecule has 2 N–H and O–H groups in total. The third-order valence-corrected chi connectivity index (χ3v) is 2.86. The second-order valence-corrected chi connectivity index (χ2v) is 4.20. The molecule has 6 nitrogen and oxygen atoms in total. The summed E-state index contributed by atoms with van der Waals surface area (Å²) >= 11 is 0. The lowest BCUT2D eigenvalue weighted by Crippen LogP contribution is -1.99. The Balaban J connectivity index is 1.82. The first kappa shape index (κ1) is 12.3. The molecule has 0 spiro atoms. The Morgan fingerprint density at radius 2 is 1.95 bits per heavy atom. The molecular formula is C14H14N4O2. The summed E-state index contributed by atoms with van der Waals surface area (Å²) in [6.07, 6.45) is 1.80. The number of para-hydroxylation sites is 2. The van der Waals surface area contributed by atoms with Gasteiger partial charge in [-0.15, -0.1) is 5.10 Å². The van der Waals surface area contributed by atoms with Crippen LogP contribution in [-0.2, 0) is 6.61 Å². The van der Waals surface area contributed by atoms with Crippen molar-refractivity contribution < 1.29 is 9.47 Å². The SMILES string of the molecule is COc1ccccc1OCc1nc2c(N)cccn2n1. The van der Waals surface area contributed by atoms with Gasteiger partial charge in [0.25, 0.3) is 0 Å². The molecule has 3 aromatic rings. The average molecular weight is 270 g/mol. The summed E-state index contributed by atoms with van der Waals surface area (Å²) in [5, 5.41) is 4.30. The molecule has 0 aliphatic heterocycles. The number of aromatic nitrogens is 3. The van der Waals surface area contributed by atoms with Crippen molar-refractivity contribution in [2.24, 2.45) is 0 Å². The van der Waals surface area contributed by atoms with E-state index < -0.39 is 0 Å². The fourth-order valence-corrected chi connectivity index (χ4v) is 1.91. The van der Waals surface area contributed by atoms with Gasteiger partial charge in [-0.25, -0.2) is 9.50 Å². The van der Waals surface area contributed by atoms with Gasteiger partial charge in [0.2, 0.25) is 0 Å². The molecule has 20 heavy (non-hydrogen) atoms. The number of methoxy groups -OCH3 is 1. The summed E-state index contributed by atoms with van der Waals surface area (Å²) in [4.78, 5) is 4.34. The zero-order chi connectivity index (χ0) is 13.9. The molecule has 0 bridgehead atoms. The lowest BCUT2D eigenvalue weighted by molar-refractivity contribution is 0.276. The topological polar surface area (TPSA) is 74.7 Å². The van der Waals surface area contributed by atoms with Crippen LogP contribution in [0, 0.1) is 0 Å². The number of pyridine rings is 1. The van der Waals surface area contributed by atoms with Gasteiger partial charge in [0.05, 0.1) is 12.8 Å². The first-order valence-electron chi connectivity index (χ1n) is 6.13. The van der Waals surface area contributed by atoms with E-state index in [1.54, 1.807) is 23.9 Å². The van der Waals surface area contributed by atoms with E-state index in [-0.39, 0.29) is 6.61 Å². The highest BCUT2D eigenvalue weighted by Crippen LogP contribution is 2.26. The van der Waals surface area contributed by atoms with E-state index in [1.165, 1.54) is 0 Å². The van der Waals surface area contributed by atoms with Gasteiger partial charge in [0, 0.05) is 6.20 Å². The fourth-order valence-electron chi connectivity index (χ4n) is 1.91. The summed E-state index contributed by atoms with van der Waals surface area (Å²) in [6, 6.07) is 11.0. The summed E-state index contributed by atoms with van der Waals surface area (Å²) in [6.45, 7) is 0.251. The smallest absolute Gasteiger partial charge is 0.189 e. The van der Waals surface area contributed by atoms with E-state index in [0.29, 0.717) is 28.7 Å². The minimum atomic E-state index is 0.251. The van der Waals surface area contributed by atoms with Gasteiger partial charge < -0.3 is 15.2 Å². The quantitative estimate of drug-likeness (QED) is 0.783. The molecule has 102 valence electrons. The molecule has 2 aromatic heterocycles. The van der Waals surface area contributed by atoms with E-state index in [2.05, 4.69) is 10.1 Å². The van der Waals surface area contributed by atoms with Crippen LogP contribution in [0.25, 0.3) is 5.65 Å². The molecule has 0 saturated heterocycles. The number of fused-ring (bicyclic) bond motifs is 1. The van der Waals surface area contributed by atoms with Crippen LogP contribution in [0.5, 0.6) is 11.5 Å². The van der Waals surface area contributed by atoms with E-state index in [1.807, 2.05) is 30.3 Å². The number of hydrogen-bond donors (Lipinski definition) is 1. The largest absolute Gasteiger partial charge is 0.493 e. The van der Waals surface area contributed by atoms with E-state index in [9.17, 15) is 0 Å². The molecule has 0 atom stereocenters. The highest BCUT2D eigenvalue weighted by molar-refractivity contribution is 5.63. The normalized spacial score (nSPS) is 10.7. The molecule has 0 unspecified atom stereocenters. The fraction of sp³-hybridized carbons (Fsp3) is 0.143. The number of ether oxygens (including phenoxy) is 2. The number of anilines is 1. The lowest BCUT2D eigenvalue weighted by atomic mass is 10.3. The van der Waals surface area contributed by atoms with E-state index >= 15 is 0 Å². The molecular weight excluding hydrogens is 256 g/mol. The third-order valence-electron chi connectivity index (χ3n) is 2.86. The molecule has 0 fully saturated rings. The van der Waals surface area contributed by atoms with Crippen molar-refractivity contribution in [3.8, 4) is 11.5 Å². The Bertz CT molecular complexity index is 739. The van der Waals surface area contributed by atoms with Gasteiger partial charge in [0.15, 0.2) is 23.0 Å². The van der Waals surface area contributed by atoms with Crippen LogP contribution in [0.2, 0.25) is 0 Å². The van der Waals surface area contributed by atoms with Gasteiger partial charge >= 0.3 is 0 Å². The van der Waals surface area contributed by atoms with E-state index in [4.69, 9.17) is 15.2 Å².